The molecule has 0 spiro atoms. The summed E-state index contributed by atoms with van der Waals surface area (Å²) in [6.45, 7) is 6.76. The monoisotopic (exact) mass is 352 g/mol. The number of rotatable bonds is 4. The van der Waals surface area contributed by atoms with Gasteiger partial charge in [0.05, 0.1) is 12.8 Å². The Morgan fingerprint density at radius 3 is 2.81 bits per heavy atom. The van der Waals surface area contributed by atoms with Crippen LogP contribution in [0.15, 0.2) is 22.7 Å². The number of methoxy groups -OCH3 is 1. The number of anilines is 1. The topological polar surface area (TPSA) is 24.5 Å². The summed E-state index contributed by atoms with van der Waals surface area (Å²) in [6, 6.07) is 6.83. The summed E-state index contributed by atoms with van der Waals surface area (Å²) in [4.78, 5) is 2.55. The number of nitrogens with zero attached hydrogens (tertiary/aromatic N) is 1. The van der Waals surface area contributed by atoms with Gasteiger partial charge in [0.1, 0.15) is 5.75 Å². The van der Waals surface area contributed by atoms with E-state index < -0.39 is 0 Å². The lowest BCUT2D eigenvalue weighted by Gasteiger charge is -2.48. The van der Waals surface area contributed by atoms with E-state index in [1.165, 1.54) is 18.5 Å². The van der Waals surface area contributed by atoms with Gasteiger partial charge >= 0.3 is 0 Å². The van der Waals surface area contributed by atoms with Gasteiger partial charge in [0.2, 0.25) is 0 Å². The van der Waals surface area contributed by atoms with Gasteiger partial charge in [0.15, 0.2) is 0 Å². The third-order valence-corrected chi connectivity index (χ3v) is 5.57. The first-order chi connectivity index (χ1) is 10.1. The van der Waals surface area contributed by atoms with Crippen molar-refractivity contribution in [2.45, 2.75) is 44.7 Å². The number of hydrogen-bond donors (Lipinski definition) is 1. The summed E-state index contributed by atoms with van der Waals surface area (Å²) in [5.41, 5.74) is 1.45. The third kappa shape index (κ3) is 2.93. The van der Waals surface area contributed by atoms with Gasteiger partial charge in [-0.3, -0.25) is 0 Å². The molecule has 3 rings (SSSR count). The largest absolute Gasteiger partial charge is 0.495 e. The van der Waals surface area contributed by atoms with Crippen molar-refractivity contribution in [2.24, 2.45) is 5.92 Å². The zero-order chi connectivity index (χ0) is 15.0. The van der Waals surface area contributed by atoms with Crippen molar-refractivity contribution in [1.29, 1.82) is 0 Å². The Labute approximate surface area is 136 Å². The smallest absolute Gasteiger partial charge is 0.142 e. The minimum absolute atomic E-state index is 0.235. The molecule has 1 saturated heterocycles. The number of halogens is 1. The molecule has 1 aliphatic carbocycles. The third-order valence-electron chi connectivity index (χ3n) is 5.08. The van der Waals surface area contributed by atoms with Crippen LogP contribution >= 0.6 is 15.9 Å². The highest BCUT2D eigenvalue weighted by molar-refractivity contribution is 9.10. The van der Waals surface area contributed by atoms with Crippen LogP contribution in [0.2, 0.25) is 0 Å². The van der Waals surface area contributed by atoms with Crippen LogP contribution in [-0.2, 0) is 0 Å². The number of piperazine rings is 1. The molecule has 0 aromatic heterocycles. The Morgan fingerprint density at radius 1 is 1.43 bits per heavy atom. The van der Waals surface area contributed by atoms with E-state index in [1.807, 2.05) is 6.07 Å². The highest BCUT2D eigenvalue weighted by atomic mass is 79.9. The van der Waals surface area contributed by atoms with E-state index in [-0.39, 0.29) is 5.54 Å². The van der Waals surface area contributed by atoms with Gasteiger partial charge < -0.3 is 15.0 Å². The van der Waals surface area contributed by atoms with E-state index in [2.05, 4.69) is 52.1 Å². The van der Waals surface area contributed by atoms with Crippen LogP contribution in [0.4, 0.5) is 5.69 Å². The lowest BCUT2D eigenvalue weighted by Crippen LogP contribution is -2.64. The van der Waals surface area contributed by atoms with Crippen molar-refractivity contribution in [1.82, 2.24) is 5.32 Å². The molecule has 0 amide bonds. The Balaban J connectivity index is 1.94. The van der Waals surface area contributed by atoms with Crippen LogP contribution < -0.4 is 15.0 Å². The molecule has 1 N–H and O–H groups in total. The number of benzene rings is 1. The van der Waals surface area contributed by atoms with E-state index in [1.54, 1.807) is 7.11 Å². The van der Waals surface area contributed by atoms with Crippen molar-refractivity contribution in [3.63, 3.8) is 0 Å². The lowest BCUT2D eigenvalue weighted by atomic mass is 9.90. The van der Waals surface area contributed by atoms with E-state index in [9.17, 15) is 0 Å². The SMILES string of the molecule is CCC1CNC(C)(C2CC2)CN1c1cc(Br)ccc1OC. The summed E-state index contributed by atoms with van der Waals surface area (Å²) in [7, 11) is 1.76. The molecule has 116 valence electrons. The number of hydrogen-bond acceptors (Lipinski definition) is 3. The fourth-order valence-corrected chi connectivity index (χ4v) is 3.88. The van der Waals surface area contributed by atoms with Gasteiger partial charge in [-0.05, 0) is 50.3 Å². The molecule has 1 heterocycles. The highest BCUT2D eigenvalue weighted by Crippen LogP contribution is 2.43. The summed E-state index contributed by atoms with van der Waals surface area (Å²) in [5.74, 6) is 1.80. The van der Waals surface area contributed by atoms with Crippen LogP contribution in [0.5, 0.6) is 5.75 Å². The van der Waals surface area contributed by atoms with Crippen molar-refractivity contribution >= 4 is 21.6 Å². The van der Waals surface area contributed by atoms with Gasteiger partial charge in [0.25, 0.3) is 0 Å². The predicted molar refractivity (Wildman–Crippen MR) is 91.3 cm³/mol. The van der Waals surface area contributed by atoms with E-state index in [4.69, 9.17) is 4.74 Å². The number of ether oxygens (including phenoxy) is 1. The molecule has 0 bridgehead atoms. The molecule has 0 radical (unpaired) electrons. The molecule has 2 aliphatic rings. The van der Waals surface area contributed by atoms with E-state index in [0.717, 1.165) is 35.7 Å². The molecule has 2 atom stereocenters. The average Bonchev–Trinajstić information content (AvgIpc) is 3.32. The molecule has 2 fully saturated rings. The van der Waals surface area contributed by atoms with Crippen molar-refractivity contribution in [3.8, 4) is 5.75 Å². The molecule has 2 unspecified atom stereocenters. The summed E-state index contributed by atoms with van der Waals surface area (Å²) < 4.78 is 6.72. The van der Waals surface area contributed by atoms with Gasteiger partial charge in [-0.1, -0.05) is 22.9 Å². The molecule has 1 aromatic rings. The van der Waals surface area contributed by atoms with Crippen molar-refractivity contribution < 1.29 is 4.74 Å². The first-order valence-electron chi connectivity index (χ1n) is 7.92. The molecule has 1 saturated carbocycles. The molecule has 21 heavy (non-hydrogen) atoms. The highest BCUT2D eigenvalue weighted by Gasteiger charge is 2.46. The van der Waals surface area contributed by atoms with E-state index in [0.29, 0.717) is 6.04 Å². The van der Waals surface area contributed by atoms with Gasteiger partial charge in [0, 0.05) is 29.1 Å². The van der Waals surface area contributed by atoms with E-state index >= 15 is 0 Å². The lowest BCUT2D eigenvalue weighted by molar-refractivity contribution is 0.251. The Morgan fingerprint density at radius 2 is 2.19 bits per heavy atom. The summed E-state index contributed by atoms with van der Waals surface area (Å²) in [6.07, 6.45) is 3.87. The van der Waals surface area contributed by atoms with Gasteiger partial charge in [-0.25, -0.2) is 0 Å². The van der Waals surface area contributed by atoms with Crippen LogP contribution in [0.25, 0.3) is 0 Å². The van der Waals surface area contributed by atoms with Crippen molar-refractivity contribution in [2.75, 3.05) is 25.1 Å². The zero-order valence-electron chi connectivity index (χ0n) is 13.2. The van der Waals surface area contributed by atoms with Gasteiger partial charge in [-0.2, -0.15) is 0 Å². The second-order valence-corrected chi connectivity index (χ2v) is 7.49. The second kappa shape index (κ2) is 5.81. The van der Waals surface area contributed by atoms with Crippen molar-refractivity contribution in [3.05, 3.63) is 22.7 Å². The first kappa shape index (κ1) is 15.2. The van der Waals surface area contributed by atoms with Crippen LogP contribution in [0.3, 0.4) is 0 Å². The van der Waals surface area contributed by atoms with Gasteiger partial charge in [-0.15, -0.1) is 0 Å². The normalized spacial score (nSPS) is 29.5. The molecule has 1 aliphatic heterocycles. The first-order valence-corrected chi connectivity index (χ1v) is 8.72. The quantitative estimate of drug-likeness (QED) is 0.891. The maximum Gasteiger partial charge on any atom is 0.142 e. The van der Waals surface area contributed by atoms with Crippen LogP contribution in [-0.4, -0.2) is 31.8 Å². The second-order valence-electron chi connectivity index (χ2n) is 6.58. The fourth-order valence-electron chi connectivity index (χ4n) is 3.53. The molecule has 4 heteroatoms. The molecule has 1 aromatic carbocycles. The standard InChI is InChI=1S/C17H25BrN2O/c1-4-14-10-19-17(2,12-5-6-12)11-20(14)15-9-13(18)7-8-16(15)21-3/h7-9,12,14,19H,4-6,10-11H2,1-3H3. The molecular weight excluding hydrogens is 328 g/mol. The Hall–Kier alpha value is -0.740. The Kier molecular flexibility index (Phi) is 4.19. The predicted octanol–water partition coefficient (Wildman–Crippen LogP) is 3.81. The Bertz CT molecular complexity index is 518. The fraction of sp³-hybridized carbons (Fsp3) is 0.647. The zero-order valence-corrected chi connectivity index (χ0v) is 14.7. The minimum Gasteiger partial charge on any atom is -0.495 e. The average molecular weight is 353 g/mol. The number of nitrogens with one attached hydrogen (secondary N) is 1. The molecule has 3 nitrogen and oxygen atoms in total. The summed E-state index contributed by atoms with van der Waals surface area (Å²) >= 11 is 3.61. The van der Waals surface area contributed by atoms with Crippen LogP contribution in [0.1, 0.15) is 33.1 Å². The van der Waals surface area contributed by atoms with Crippen LogP contribution in [0, 0.1) is 5.92 Å². The maximum atomic E-state index is 5.61. The maximum absolute atomic E-state index is 5.61. The molecular formula is C17H25BrN2O. The summed E-state index contributed by atoms with van der Waals surface area (Å²) in [5, 5.41) is 3.82. The minimum atomic E-state index is 0.235.